The standard InChI is InChI=1S/C17H22N2O3S2/c1-11-7-8-12(2)16-15(11)19-17(23-16)18-14(20)9-10-24(21,22)13-5-3-4-6-13/h7-8,13H,3-6,9-10H2,1-2H3,(H,18,19,20). The molecule has 0 spiro atoms. The molecule has 1 N–H and O–H groups in total. The number of rotatable bonds is 5. The highest BCUT2D eigenvalue weighted by molar-refractivity contribution is 7.92. The minimum atomic E-state index is -3.16. The molecule has 1 fully saturated rings. The number of amides is 1. The van der Waals surface area contributed by atoms with Crippen LogP contribution in [0, 0.1) is 13.8 Å². The molecule has 0 saturated heterocycles. The van der Waals surface area contributed by atoms with E-state index in [2.05, 4.69) is 10.3 Å². The Labute approximate surface area is 146 Å². The Balaban J connectivity index is 1.65. The molecule has 1 aliphatic carbocycles. The zero-order chi connectivity index (χ0) is 17.3. The number of aromatic nitrogens is 1. The van der Waals surface area contributed by atoms with Gasteiger partial charge in [0.05, 0.1) is 21.2 Å². The zero-order valence-corrected chi connectivity index (χ0v) is 15.6. The second-order valence-corrected chi connectivity index (χ2v) is 9.87. The summed E-state index contributed by atoms with van der Waals surface area (Å²) in [6, 6.07) is 4.05. The smallest absolute Gasteiger partial charge is 0.227 e. The van der Waals surface area contributed by atoms with E-state index >= 15 is 0 Å². The fourth-order valence-corrected chi connectivity index (χ4v) is 6.03. The SMILES string of the molecule is Cc1ccc(C)c2sc(NC(=O)CCS(=O)(=O)C3CCCC3)nc12. The summed E-state index contributed by atoms with van der Waals surface area (Å²) >= 11 is 1.43. The van der Waals surface area contributed by atoms with Gasteiger partial charge in [0.25, 0.3) is 0 Å². The van der Waals surface area contributed by atoms with Crippen molar-refractivity contribution in [3.63, 3.8) is 0 Å². The minimum Gasteiger partial charge on any atom is -0.302 e. The summed E-state index contributed by atoms with van der Waals surface area (Å²) in [4.78, 5) is 16.6. The number of carbonyl (C=O) groups excluding carboxylic acids is 1. The predicted molar refractivity (Wildman–Crippen MR) is 98.4 cm³/mol. The maximum absolute atomic E-state index is 12.2. The maximum atomic E-state index is 12.2. The van der Waals surface area contributed by atoms with Gasteiger partial charge < -0.3 is 5.32 Å². The normalized spacial score (nSPS) is 15.9. The van der Waals surface area contributed by atoms with Crippen LogP contribution in [0.4, 0.5) is 5.13 Å². The number of anilines is 1. The van der Waals surface area contributed by atoms with E-state index in [4.69, 9.17) is 0 Å². The lowest BCUT2D eigenvalue weighted by atomic mass is 10.1. The first kappa shape index (κ1) is 17.4. The van der Waals surface area contributed by atoms with Crippen molar-refractivity contribution >= 4 is 42.4 Å². The van der Waals surface area contributed by atoms with E-state index in [1.165, 1.54) is 11.3 Å². The van der Waals surface area contributed by atoms with Crippen molar-refractivity contribution in [3.8, 4) is 0 Å². The second kappa shape index (κ2) is 6.80. The molecule has 24 heavy (non-hydrogen) atoms. The van der Waals surface area contributed by atoms with Crippen LogP contribution in [0.2, 0.25) is 0 Å². The number of thiazole rings is 1. The van der Waals surface area contributed by atoms with Crippen molar-refractivity contribution in [1.29, 1.82) is 0 Å². The molecule has 1 aromatic carbocycles. The van der Waals surface area contributed by atoms with E-state index in [0.717, 1.165) is 47.0 Å². The van der Waals surface area contributed by atoms with Gasteiger partial charge in [-0.05, 0) is 37.8 Å². The first-order valence-corrected chi connectivity index (χ1v) is 10.8. The Morgan fingerprint density at radius 3 is 2.58 bits per heavy atom. The molecular formula is C17H22N2O3S2. The lowest BCUT2D eigenvalue weighted by Crippen LogP contribution is -2.24. The molecule has 7 heteroatoms. The van der Waals surface area contributed by atoms with Gasteiger partial charge in [-0.15, -0.1) is 0 Å². The van der Waals surface area contributed by atoms with Crippen LogP contribution in [0.3, 0.4) is 0 Å². The molecule has 5 nitrogen and oxygen atoms in total. The second-order valence-electron chi connectivity index (χ2n) is 6.47. The summed E-state index contributed by atoms with van der Waals surface area (Å²) in [6.07, 6.45) is 3.41. The van der Waals surface area contributed by atoms with Crippen molar-refractivity contribution in [1.82, 2.24) is 4.98 Å². The molecular weight excluding hydrogens is 344 g/mol. The van der Waals surface area contributed by atoms with Crippen LogP contribution in [0.5, 0.6) is 0 Å². The summed E-state index contributed by atoms with van der Waals surface area (Å²) in [7, 11) is -3.16. The fraction of sp³-hybridized carbons (Fsp3) is 0.529. The number of fused-ring (bicyclic) bond motifs is 1. The van der Waals surface area contributed by atoms with Crippen molar-refractivity contribution < 1.29 is 13.2 Å². The third-order valence-corrected chi connectivity index (χ3v) is 7.98. The number of carbonyl (C=O) groups is 1. The predicted octanol–water partition coefficient (Wildman–Crippen LogP) is 3.60. The summed E-state index contributed by atoms with van der Waals surface area (Å²) in [6.45, 7) is 4.00. The largest absolute Gasteiger partial charge is 0.302 e. The topological polar surface area (TPSA) is 76.1 Å². The highest BCUT2D eigenvalue weighted by atomic mass is 32.2. The van der Waals surface area contributed by atoms with Gasteiger partial charge in [-0.1, -0.05) is 36.3 Å². The third kappa shape index (κ3) is 3.62. The quantitative estimate of drug-likeness (QED) is 0.877. The van der Waals surface area contributed by atoms with Gasteiger partial charge >= 0.3 is 0 Å². The van der Waals surface area contributed by atoms with Crippen LogP contribution in [0.1, 0.15) is 43.2 Å². The molecule has 0 atom stereocenters. The summed E-state index contributed by atoms with van der Waals surface area (Å²) in [5.41, 5.74) is 3.09. The Morgan fingerprint density at radius 2 is 1.92 bits per heavy atom. The zero-order valence-electron chi connectivity index (χ0n) is 14.0. The Kier molecular flexibility index (Phi) is 4.92. The average Bonchev–Trinajstić information content (AvgIpc) is 3.19. The number of aryl methyl sites for hydroxylation is 2. The van der Waals surface area contributed by atoms with Crippen LogP contribution < -0.4 is 5.32 Å². The van der Waals surface area contributed by atoms with Gasteiger partial charge in [0, 0.05) is 6.42 Å². The number of benzene rings is 1. The summed E-state index contributed by atoms with van der Waals surface area (Å²) in [5.74, 6) is -0.363. The van der Waals surface area contributed by atoms with E-state index in [-0.39, 0.29) is 23.3 Å². The fourth-order valence-electron chi connectivity index (χ4n) is 3.14. The van der Waals surface area contributed by atoms with Crippen LogP contribution in [0.25, 0.3) is 10.2 Å². The van der Waals surface area contributed by atoms with Gasteiger partial charge in [0.2, 0.25) is 5.91 Å². The van der Waals surface area contributed by atoms with Crippen LogP contribution in [-0.4, -0.2) is 30.3 Å². The molecule has 0 unspecified atom stereocenters. The highest BCUT2D eigenvalue weighted by Gasteiger charge is 2.28. The van der Waals surface area contributed by atoms with Crippen molar-refractivity contribution in [2.24, 2.45) is 0 Å². The molecule has 0 radical (unpaired) electrons. The van der Waals surface area contributed by atoms with Crippen molar-refractivity contribution in [2.75, 3.05) is 11.1 Å². The molecule has 1 aromatic heterocycles. The van der Waals surface area contributed by atoms with E-state index < -0.39 is 9.84 Å². The molecule has 1 amide bonds. The molecule has 0 aliphatic heterocycles. The first-order chi connectivity index (χ1) is 11.4. The first-order valence-electron chi connectivity index (χ1n) is 8.25. The van der Waals surface area contributed by atoms with Gasteiger partial charge in [0.1, 0.15) is 0 Å². The highest BCUT2D eigenvalue weighted by Crippen LogP contribution is 2.31. The van der Waals surface area contributed by atoms with Gasteiger partial charge in [-0.2, -0.15) is 0 Å². The molecule has 1 heterocycles. The lowest BCUT2D eigenvalue weighted by Gasteiger charge is -2.10. The van der Waals surface area contributed by atoms with E-state index in [1.54, 1.807) is 0 Å². The average molecular weight is 367 g/mol. The van der Waals surface area contributed by atoms with Crippen molar-refractivity contribution in [3.05, 3.63) is 23.3 Å². The van der Waals surface area contributed by atoms with E-state index in [1.807, 2.05) is 26.0 Å². The molecule has 130 valence electrons. The third-order valence-electron chi connectivity index (χ3n) is 4.61. The summed E-state index contributed by atoms with van der Waals surface area (Å²) in [5, 5.41) is 3.03. The molecule has 1 aliphatic rings. The molecule has 0 bridgehead atoms. The number of nitrogens with zero attached hydrogens (tertiary/aromatic N) is 1. The molecule has 3 rings (SSSR count). The number of hydrogen-bond donors (Lipinski definition) is 1. The van der Waals surface area contributed by atoms with Gasteiger partial charge in [-0.3, -0.25) is 4.79 Å². The molecule has 1 saturated carbocycles. The van der Waals surface area contributed by atoms with E-state index in [0.29, 0.717) is 5.13 Å². The van der Waals surface area contributed by atoms with Gasteiger partial charge in [0.15, 0.2) is 15.0 Å². The Hall–Kier alpha value is -1.47. The monoisotopic (exact) mass is 366 g/mol. The Bertz CT molecular complexity index is 826. The lowest BCUT2D eigenvalue weighted by molar-refractivity contribution is -0.115. The molecule has 2 aromatic rings. The number of hydrogen-bond acceptors (Lipinski definition) is 5. The number of sulfone groups is 1. The van der Waals surface area contributed by atoms with Gasteiger partial charge in [-0.25, -0.2) is 13.4 Å². The Morgan fingerprint density at radius 1 is 1.25 bits per heavy atom. The summed E-state index contributed by atoms with van der Waals surface area (Å²) < 4.78 is 25.5. The van der Waals surface area contributed by atoms with E-state index in [9.17, 15) is 13.2 Å². The van der Waals surface area contributed by atoms with Crippen LogP contribution >= 0.6 is 11.3 Å². The maximum Gasteiger partial charge on any atom is 0.227 e. The van der Waals surface area contributed by atoms with Crippen LogP contribution in [0.15, 0.2) is 12.1 Å². The van der Waals surface area contributed by atoms with Crippen molar-refractivity contribution in [2.45, 2.75) is 51.2 Å². The number of nitrogens with one attached hydrogen (secondary N) is 1. The van der Waals surface area contributed by atoms with Crippen LogP contribution in [-0.2, 0) is 14.6 Å². The minimum absolute atomic E-state index is 0.00722.